The fourth-order valence-corrected chi connectivity index (χ4v) is 1.13. The van der Waals surface area contributed by atoms with Gasteiger partial charge in [0.25, 0.3) is 0 Å². The average Bonchev–Trinajstić information content (AvgIpc) is 2.01. The van der Waals surface area contributed by atoms with Gasteiger partial charge in [-0.1, -0.05) is 17.7 Å². The number of halogens is 1. The molecule has 0 bridgehead atoms. The maximum absolute atomic E-state index is 9.02. The molecule has 0 spiro atoms. The number of aliphatic hydroxyl groups is 1. The number of nitrogens with zero attached hydrogens (tertiary/aromatic N) is 1. The SMILES string of the molecule is CC(O)CCc1cccc(Cl)n1. The van der Waals surface area contributed by atoms with Crippen LogP contribution in [0.15, 0.2) is 18.2 Å². The minimum Gasteiger partial charge on any atom is -0.393 e. The summed E-state index contributed by atoms with van der Waals surface area (Å²) in [6.45, 7) is 1.77. The third-order valence-electron chi connectivity index (χ3n) is 1.59. The lowest BCUT2D eigenvalue weighted by molar-refractivity contribution is 0.184. The van der Waals surface area contributed by atoms with Crippen molar-refractivity contribution in [1.82, 2.24) is 4.98 Å². The molecule has 0 aliphatic carbocycles. The molecule has 1 rings (SSSR count). The van der Waals surface area contributed by atoms with E-state index in [0.29, 0.717) is 5.15 Å². The molecule has 0 aliphatic rings. The molecule has 0 radical (unpaired) electrons. The first kappa shape index (κ1) is 9.49. The van der Waals surface area contributed by atoms with Gasteiger partial charge in [-0.2, -0.15) is 0 Å². The molecule has 3 heteroatoms. The maximum Gasteiger partial charge on any atom is 0.129 e. The van der Waals surface area contributed by atoms with E-state index < -0.39 is 0 Å². The first-order valence-corrected chi connectivity index (χ1v) is 4.36. The summed E-state index contributed by atoms with van der Waals surface area (Å²) in [5.74, 6) is 0. The van der Waals surface area contributed by atoms with E-state index in [4.69, 9.17) is 16.7 Å². The number of pyridine rings is 1. The summed E-state index contributed by atoms with van der Waals surface area (Å²) in [5.41, 5.74) is 0.934. The van der Waals surface area contributed by atoms with Gasteiger partial charge in [-0.25, -0.2) is 4.98 Å². The summed E-state index contributed by atoms with van der Waals surface area (Å²) in [5, 5.41) is 9.53. The molecule has 1 aromatic heterocycles. The molecule has 2 nitrogen and oxygen atoms in total. The normalized spacial score (nSPS) is 12.9. The molecule has 0 saturated heterocycles. The summed E-state index contributed by atoms with van der Waals surface area (Å²) < 4.78 is 0. The van der Waals surface area contributed by atoms with E-state index in [1.54, 1.807) is 13.0 Å². The summed E-state index contributed by atoms with van der Waals surface area (Å²) in [7, 11) is 0. The Morgan fingerprint density at radius 1 is 1.58 bits per heavy atom. The van der Waals surface area contributed by atoms with Gasteiger partial charge in [0.15, 0.2) is 0 Å². The van der Waals surface area contributed by atoms with Crippen LogP contribution >= 0.6 is 11.6 Å². The summed E-state index contributed by atoms with van der Waals surface area (Å²) in [6.07, 6.45) is 1.23. The topological polar surface area (TPSA) is 33.1 Å². The highest BCUT2D eigenvalue weighted by molar-refractivity contribution is 6.29. The Morgan fingerprint density at radius 2 is 2.33 bits per heavy atom. The van der Waals surface area contributed by atoms with Crippen LogP contribution in [-0.4, -0.2) is 16.2 Å². The summed E-state index contributed by atoms with van der Waals surface area (Å²) in [4.78, 5) is 4.10. The lowest BCUT2D eigenvalue weighted by atomic mass is 10.1. The van der Waals surface area contributed by atoms with Crippen LogP contribution in [0.2, 0.25) is 5.15 Å². The highest BCUT2D eigenvalue weighted by Crippen LogP contribution is 2.07. The van der Waals surface area contributed by atoms with Crippen LogP contribution < -0.4 is 0 Å². The second-order valence-electron chi connectivity index (χ2n) is 2.84. The van der Waals surface area contributed by atoms with Crippen molar-refractivity contribution in [2.45, 2.75) is 25.9 Å². The maximum atomic E-state index is 9.02. The zero-order chi connectivity index (χ0) is 8.97. The molecule has 66 valence electrons. The van der Waals surface area contributed by atoms with Crippen LogP contribution in [0.1, 0.15) is 19.0 Å². The third-order valence-corrected chi connectivity index (χ3v) is 1.80. The monoisotopic (exact) mass is 185 g/mol. The van der Waals surface area contributed by atoms with Gasteiger partial charge in [0.2, 0.25) is 0 Å². The Labute approximate surface area is 77.2 Å². The van der Waals surface area contributed by atoms with E-state index in [-0.39, 0.29) is 6.10 Å². The fraction of sp³-hybridized carbons (Fsp3) is 0.444. The first-order valence-electron chi connectivity index (χ1n) is 3.98. The molecule has 0 amide bonds. The van der Waals surface area contributed by atoms with Gasteiger partial charge in [0, 0.05) is 5.69 Å². The van der Waals surface area contributed by atoms with Gasteiger partial charge >= 0.3 is 0 Å². The largest absolute Gasteiger partial charge is 0.393 e. The van der Waals surface area contributed by atoms with Crippen molar-refractivity contribution in [3.63, 3.8) is 0 Å². The lowest BCUT2D eigenvalue weighted by Crippen LogP contribution is -2.02. The van der Waals surface area contributed by atoms with Crippen molar-refractivity contribution in [3.05, 3.63) is 29.0 Å². The lowest BCUT2D eigenvalue weighted by Gasteiger charge is -2.02. The highest BCUT2D eigenvalue weighted by atomic mass is 35.5. The number of aliphatic hydroxyl groups excluding tert-OH is 1. The molecule has 1 unspecified atom stereocenters. The van der Waals surface area contributed by atoms with Gasteiger partial charge in [0.05, 0.1) is 6.10 Å². The quantitative estimate of drug-likeness (QED) is 0.732. The average molecular weight is 186 g/mol. The molecule has 0 aromatic carbocycles. The van der Waals surface area contributed by atoms with Gasteiger partial charge in [-0.15, -0.1) is 0 Å². The molecule has 1 aromatic rings. The van der Waals surface area contributed by atoms with E-state index in [9.17, 15) is 0 Å². The van der Waals surface area contributed by atoms with Crippen LogP contribution in [0.25, 0.3) is 0 Å². The first-order chi connectivity index (χ1) is 5.68. The molecular weight excluding hydrogens is 174 g/mol. The Hall–Kier alpha value is -0.600. The van der Waals surface area contributed by atoms with Crippen LogP contribution in [0.5, 0.6) is 0 Å². The molecule has 0 aliphatic heterocycles. The highest BCUT2D eigenvalue weighted by Gasteiger charge is 1.99. The molecule has 0 saturated carbocycles. The number of aryl methyl sites for hydroxylation is 1. The van der Waals surface area contributed by atoms with Crippen LogP contribution in [0.3, 0.4) is 0 Å². The van der Waals surface area contributed by atoms with Crippen molar-refractivity contribution in [2.75, 3.05) is 0 Å². The minimum absolute atomic E-state index is 0.272. The number of hydrogen-bond acceptors (Lipinski definition) is 2. The summed E-state index contributed by atoms with van der Waals surface area (Å²) in [6, 6.07) is 5.52. The van der Waals surface area contributed by atoms with Crippen LogP contribution in [0.4, 0.5) is 0 Å². The third kappa shape index (κ3) is 3.20. The standard InChI is InChI=1S/C9H12ClNO/c1-7(12)5-6-8-3-2-4-9(10)11-8/h2-4,7,12H,5-6H2,1H3. The van der Waals surface area contributed by atoms with Crippen LogP contribution in [-0.2, 0) is 6.42 Å². The smallest absolute Gasteiger partial charge is 0.129 e. The Balaban J connectivity index is 2.52. The molecule has 1 heterocycles. The van der Waals surface area contributed by atoms with E-state index >= 15 is 0 Å². The van der Waals surface area contributed by atoms with Crippen molar-refractivity contribution in [3.8, 4) is 0 Å². The van der Waals surface area contributed by atoms with E-state index in [1.807, 2.05) is 12.1 Å². The Kier molecular flexibility index (Phi) is 3.50. The fourth-order valence-electron chi connectivity index (χ4n) is 0.946. The number of hydrogen-bond donors (Lipinski definition) is 1. The van der Waals surface area contributed by atoms with Gasteiger partial charge in [-0.05, 0) is 31.9 Å². The molecule has 1 N–H and O–H groups in total. The van der Waals surface area contributed by atoms with Crippen molar-refractivity contribution in [2.24, 2.45) is 0 Å². The van der Waals surface area contributed by atoms with Crippen molar-refractivity contribution < 1.29 is 5.11 Å². The van der Waals surface area contributed by atoms with Crippen molar-refractivity contribution in [1.29, 1.82) is 0 Å². The van der Waals surface area contributed by atoms with Crippen molar-refractivity contribution >= 4 is 11.6 Å². The number of rotatable bonds is 3. The Morgan fingerprint density at radius 3 is 2.92 bits per heavy atom. The predicted octanol–water partition coefficient (Wildman–Crippen LogP) is 2.05. The zero-order valence-corrected chi connectivity index (χ0v) is 7.75. The van der Waals surface area contributed by atoms with Gasteiger partial charge in [-0.3, -0.25) is 0 Å². The molecule has 0 fully saturated rings. The Bertz CT molecular complexity index is 250. The van der Waals surface area contributed by atoms with E-state index in [0.717, 1.165) is 18.5 Å². The second kappa shape index (κ2) is 4.43. The molecule has 1 atom stereocenters. The second-order valence-corrected chi connectivity index (χ2v) is 3.23. The van der Waals surface area contributed by atoms with E-state index in [1.165, 1.54) is 0 Å². The zero-order valence-electron chi connectivity index (χ0n) is 7.00. The van der Waals surface area contributed by atoms with Crippen LogP contribution in [0, 0.1) is 0 Å². The van der Waals surface area contributed by atoms with E-state index in [2.05, 4.69) is 4.98 Å². The minimum atomic E-state index is -0.272. The predicted molar refractivity (Wildman–Crippen MR) is 49.2 cm³/mol. The molecular formula is C9H12ClNO. The molecule has 12 heavy (non-hydrogen) atoms. The number of aromatic nitrogens is 1. The van der Waals surface area contributed by atoms with Gasteiger partial charge in [0.1, 0.15) is 5.15 Å². The van der Waals surface area contributed by atoms with Gasteiger partial charge < -0.3 is 5.11 Å². The summed E-state index contributed by atoms with van der Waals surface area (Å²) >= 11 is 5.69.